The van der Waals surface area contributed by atoms with Crippen LogP contribution in [0.2, 0.25) is 5.02 Å². The molecule has 5 rings (SSSR count). The second kappa shape index (κ2) is 8.62. The second-order valence-corrected chi connectivity index (χ2v) is 8.93. The van der Waals surface area contributed by atoms with E-state index in [-0.39, 0.29) is 39.7 Å². The fraction of sp³-hybridized carbons (Fsp3) is 0.208. The molecule has 0 saturated carbocycles. The van der Waals surface area contributed by atoms with E-state index in [0.717, 1.165) is 5.69 Å². The third-order valence-electron chi connectivity index (χ3n) is 6.06. The summed E-state index contributed by atoms with van der Waals surface area (Å²) >= 11 is 5.95. The molecule has 0 fully saturated rings. The lowest BCUT2D eigenvalue weighted by Gasteiger charge is -2.15. The number of imidazole rings is 1. The van der Waals surface area contributed by atoms with E-state index in [4.69, 9.17) is 17.3 Å². The van der Waals surface area contributed by atoms with Gasteiger partial charge in [-0.1, -0.05) is 18.5 Å². The van der Waals surface area contributed by atoms with E-state index >= 15 is 0 Å². The number of hydrogen-bond acceptors (Lipinski definition) is 6. The van der Waals surface area contributed by atoms with E-state index in [1.54, 1.807) is 29.0 Å². The molecule has 1 aliphatic rings. The van der Waals surface area contributed by atoms with Crippen molar-refractivity contribution in [3.05, 3.63) is 75.3 Å². The van der Waals surface area contributed by atoms with Gasteiger partial charge in [-0.05, 0) is 48.2 Å². The zero-order valence-electron chi connectivity index (χ0n) is 18.8. The number of nitrogens with zero attached hydrogens (tertiary/aromatic N) is 4. The minimum Gasteiger partial charge on any atom is -0.398 e. The summed E-state index contributed by atoms with van der Waals surface area (Å²) in [5.74, 6) is 0.0699. The van der Waals surface area contributed by atoms with E-state index in [0.29, 0.717) is 35.0 Å². The van der Waals surface area contributed by atoms with Crippen molar-refractivity contribution >= 4 is 29.0 Å². The number of hydrogen-bond donors (Lipinski definition) is 3. The Morgan fingerprint density at radius 3 is 2.77 bits per heavy atom. The SMILES string of the molecule is CC(=O)Nc1ccc(-c2cnc(C3CC(C)c4cc(-c5c(N)ccc(Cl)c5F)cc(=O)n43)[nH]2)nn1. The highest BCUT2D eigenvalue weighted by Gasteiger charge is 2.33. The Labute approximate surface area is 204 Å². The maximum Gasteiger partial charge on any atom is 0.252 e. The number of H-pyrrole nitrogens is 1. The third-order valence-corrected chi connectivity index (χ3v) is 6.35. The number of amides is 1. The van der Waals surface area contributed by atoms with Gasteiger partial charge in [0.1, 0.15) is 11.5 Å². The maximum absolute atomic E-state index is 14.8. The molecule has 4 N–H and O–H groups in total. The third kappa shape index (κ3) is 4.06. The molecule has 4 heterocycles. The van der Waals surface area contributed by atoms with Crippen molar-refractivity contribution in [2.45, 2.75) is 32.2 Å². The van der Waals surface area contributed by atoms with Gasteiger partial charge in [0, 0.05) is 29.9 Å². The molecular formula is C24H21ClFN7O2. The lowest BCUT2D eigenvalue weighted by molar-refractivity contribution is -0.114. The Balaban J connectivity index is 1.50. The van der Waals surface area contributed by atoms with Crippen molar-refractivity contribution in [3.8, 4) is 22.5 Å². The number of halogens is 2. The van der Waals surface area contributed by atoms with E-state index in [9.17, 15) is 14.0 Å². The summed E-state index contributed by atoms with van der Waals surface area (Å²) in [6.07, 6.45) is 2.26. The van der Waals surface area contributed by atoms with Crippen molar-refractivity contribution in [1.82, 2.24) is 24.7 Å². The quantitative estimate of drug-likeness (QED) is 0.366. The van der Waals surface area contributed by atoms with Crippen molar-refractivity contribution in [2.24, 2.45) is 0 Å². The Hall–Kier alpha value is -4.05. The van der Waals surface area contributed by atoms with E-state index < -0.39 is 5.82 Å². The van der Waals surface area contributed by atoms with Crippen LogP contribution in [0.15, 0.2) is 47.4 Å². The smallest absolute Gasteiger partial charge is 0.252 e. The van der Waals surface area contributed by atoms with Crippen LogP contribution in [0.1, 0.15) is 43.7 Å². The molecule has 0 bridgehead atoms. The lowest BCUT2D eigenvalue weighted by atomic mass is 9.99. The van der Waals surface area contributed by atoms with Crippen LogP contribution in [0.5, 0.6) is 0 Å². The first-order valence-corrected chi connectivity index (χ1v) is 11.3. The van der Waals surface area contributed by atoms with Gasteiger partial charge in [0.25, 0.3) is 5.56 Å². The molecule has 2 unspecified atom stereocenters. The van der Waals surface area contributed by atoms with Gasteiger partial charge in [0.15, 0.2) is 11.6 Å². The first kappa shape index (κ1) is 22.7. The highest BCUT2D eigenvalue weighted by Crippen LogP contribution is 2.40. The van der Waals surface area contributed by atoms with Crippen molar-refractivity contribution in [3.63, 3.8) is 0 Å². The molecular weight excluding hydrogens is 473 g/mol. The standard InChI is InChI=1S/C24H21ClFN7O2/c1-11-7-19(24-28-10-17(30-24)16-5-6-20(32-31-16)29-12(2)34)33-18(11)8-13(9-21(33)35)22-15(27)4-3-14(25)23(22)26/h3-6,8-11,19H,7,27H2,1-2H3,(H,28,30)(H,29,32,34). The zero-order valence-corrected chi connectivity index (χ0v) is 19.6. The fourth-order valence-electron chi connectivity index (χ4n) is 4.47. The van der Waals surface area contributed by atoms with Crippen LogP contribution >= 0.6 is 11.6 Å². The molecule has 0 spiro atoms. The number of aromatic amines is 1. The zero-order chi connectivity index (χ0) is 24.9. The number of rotatable bonds is 4. The van der Waals surface area contributed by atoms with E-state index in [1.165, 1.54) is 25.1 Å². The molecule has 2 atom stereocenters. The molecule has 11 heteroatoms. The summed E-state index contributed by atoms with van der Waals surface area (Å²) < 4.78 is 16.4. The predicted octanol–water partition coefficient (Wildman–Crippen LogP) is 4.13. The second-order valence-electron chi connectivity index (χ2n) is 8.52. The van der Waals surface area contributed by atoms with Crippen LogP contribution in [0.3, 0.4) is 0 Å². The van der Waals surface area contributed by atoms with Gasteiger partial charge in [0.2, 0.25) is 5.91 Å². The fourth-order valence-corrected chi connectivity index (χ4v) is 4.63. The average Bonchev–Trinajstić information content (AvgIpc) is 3.42. The number of anilines is 2. The first-order chi connectivity index (χ1) is 16.7. The number of nitrogens with two attached hydrogens (primary N) is 1. The highest BCUT2D eigenvalue weighted by atomic mass is 35.5. The van der Waals surface area contributed by atoms with E-state index in [1.807, 2.05) is 6.92 Å². The molecule has 3 aromatic heterocycles. The van der Waals surface area contributed by atoms with Gasteiger partial charge >= 0.3 is 0 Å². The Morgan fingerprint density at radius 2 is 2.06 bits per heavy atom. The van der Waals surface area contributed by atoms with Gasteiger partial charge < -0.3 is 20.6 Å². The van der Waals surface area contributed by atoms with Gasteiger partial charge in [0.05, 0.1) is 23.0 Å². The lowest BCUT2D eigenvalue weighted by Crippen LogP contribution is -2.24. The predicted molar refractivity (Wildman–Crippen MR) is 131 cm³/mol. The number of benzene rings is 1. The molecule has 9 nitrogen and oxygen atoms in total. The Kier molecular flexibility index (Phi) is 5.60. The van der Waals surface area contributed by atoms with Crippen molar-refractivity contribution < 1.29 is 9.18 Å². The summed E-state index contributed by atoms with van der Waals surface area (Å²) in [6, 6.07) is 9.09. The molecule has 4 aromatic rings. The Bertz CT molecular complexity index is 1510. The number of aromatic nitrogens is 5. The minimum atomic E-state index is -0.653. The maximum atomic E-state index is 14.8. The van der Waals surface area contributed by atoms with Crippen LogP contribution in [0.25, 0.3) is 22.5 Å². The summed E-state index contributed by atoms with van der Waals surface area (Å²) in [5, 5.41) is 10.6. The summed E-state index contributed by atoms with van der Waals surface area (Å²) in [6.45, 7) is 3.39. The molecule has 1 aromatic carbocycles. The molecule has 0 radical (unpaired) electrons. The normalized spacial score (nSPS) is 16.8. The monoisotopic (exact) mass is 493 g/mol. The minimum absolute atomic E-state index is 0.0152. The van der Waals surface area contributed by atoms with Crippen LogP contribution in [-0.4, -0.2) is 30.6 Å². The van der Waals surface area contributed by atoms with Crippen molar-refractivity contribution in [2.75, 3.05) is 11.1 Å². The first-order valence-electron chi connectivity index (χ1n) is 10.9. The molecule has 1 aliphatic heterocycles. The Morgan fingerprint density at radius 1 is 1.26 bits per heavy atom. The van der Waals surface area contributed by atoms with Crippen LogP contribution in [0, 0.1) is 5.82 Å². The number of nitrogens with one attached hydrogen (secondary N) is 2. The van der Waals surface area contributed by atoms with Gasteiger partial charge in [-0.3, -0.25) is 9.59 Å². The van der Waals surface area contributed by atoms with Gasteiger partial charge in [-0.2, -0.15) is 0 Å². The highest BCUT2D eigenvalue weighted by molar-refractivity contribution is 6.31. The molecule has 1 amide bonds. The van der Waals surface area contributed by atoms with Gasteiger partial charge in [-0.25, -0.2) is 9.37 Å². The van der Waals surface area contributed by atoms with Crippen LogP contribution in [-0.2, 0) is 4.79 Å². The van der Waals surface area contributed by atoms with Crippen LogP contribution in [0.4, 0.5) is 15.9 Å². The number of nitrogen functional groups attached to an aromatic ring is 1. The van der Waals surface area contributed by atoms with E-state index in [2.05, 4.69) is 25.5 Å². The van der Waals surface area contributed by atoms with Gasteiger partial charge in [-0.15, -0.1) is 10.2 Å². The summed E-state index contributed by atoms with van der Waals surface area (Å²) in [4.78, 5) is 32.1. The average molecular weight is 494 g/mol. The molecule has 178 valence electrons. The molecule has 35 heavy (non-hydrogen) atoms. The summed E-state index contributed by atoms with van der Waals surface area (Å²) in [7, 11) is 0. The largest absolute Gasteiger partial charge is 0.398 e. The molecule has 0 aliphatic carbocycles. The number of carbonyl (C=O) groups excluding carboxylic acids is 1. The number of carbonyl (C=O) groups is 1. The number of pyridine rings is 1. The summed E-state index contributed by atoms with van der Waals surface area (Å²) in [5.41, 5.74) is 8.36. The van der Waals surface area contributed by atoms with Crippen LogP contribution < -0.4 is 16.6 Å². The topological polar surface area (TPSA) is 132 Å². The number of fused-ring (bicyclic) bond motifs is 1. The molecule has 0 saturated heterocycles. The van der Waals surface area contributed by atoms with Crippen molar-refractivity contribution in [1.29, 1.82) is 0 Å².